The topological polar surface area (TPSA) is 60.9 Å². The summed E-state index contributed by atoms with van der Waals surface area (Å²) in [5, 5.41) is 3.82. The van der Waals surface area contributed by atoms with Crippen molar-refractivity contribution < 1.29 is 9.53 Å². The Hall–Kier alpha value is -3.13. The number of pyridine rings is 1. The van der Waals surface area contributed by atoms with Gasteiger partial charge in [0, 0.05) is 62.1 Å². The van der Waals surface area contributed by atoms with Crippen LogP contribution in [0, 0.1) is 0 Å². The first-order valence-corrected chi connectivity index (χ1v) is 15.9. The van der Waals surface area contributed by atoms with Gasteiger partial charge in [-0.25, -0.2) is 4.79 Å². The molecule has 2 aliphatic heterocycles. The van der Waals surface area contributed by atoms with Crippen LogP contribution in [0.2, 0.25) is 5.02 Å². The maximum absolute atomic E-state index is 12.8. The maximum Gasteiger partial charge on any atom is 0.317 e. The van der Waals surface area contributed by atoms with Crippen molar-refractivity contribution in [3.05, 3.63) is 94.8 Å². The molecule has 1 N–H and O–H groups in total. The predicted molar refractivity (Wildman–Crippen MR) is 169 cm³/mol. The normalized spacial score (nSPS) is 17.1. The molecule has 224 valence electrons. The molecular weight excluding hydrogens is 546 g/mol. The van der Waals surface area contributed by atoms with E-state index >= 15 is 0 Å². The Kier molecular flexibility index (Phi) is 11.5. The van der Waals surface area contributed by atoms with Gasteiger partial charge in [-0.3, -0.25) is 14.8 Å². The Labute approximate surface area is 255 Å². The van der Waals surface area contributed by atoms with Crippen LogP contribution in [0.5, 0.6) is 5.75 Å². The van der Waals surface area contributed by atoms with E-state index in [1.807, 2.05) is 41.4 Å². The molecule has 3 aromatic rings. The summed E-state index contributed by atoms with van der Waals surface area (Å²) < 4.78 is 5.99. The van der Waals surface area contributed by atoms with Gasteiger partial charge in [-0.05, 0) is 92.8 Å². The van der Waals surface area contributed by atoms with Crippen LogP contribution in [0.15, 0.2) is 72.9 Å². The number of nitrogens with zero attached hydrogens (tertiary/aromatic N) is 4. The van der Waals surface area contributed by atoms with E-state index in [4.69, 9.17) is 16.3 Å². The molecule has 7 nitrogen and oxygen atoms in total. The van der Waals surface area contributed by atoms with Crippen molar-refractivity contribution in [1.29, 1.82) is 0 Å². The zero-order chi connectivity index (χ0) is 29.0. The zero-order valence-corrected chi connectivity index (χ0v) is 25.4. The fourth-order valence-corrected chi connectivity index (χ4v) is 6.05. The van der Waals surface area contributed by atoms with Crippen LogP contribution >= 0.6 is 11.6 Å². The summed E-state index contributed by atoms with van der Waals surface area (Å²) in [5.74, 6) is 1.12. The lowest BCUT2D eigenvalue weighted by atomic mass is 9.91. The summed E-state index contributed by atoms with van der Waals surface area (Å²) in [6, 6.07) is 22.6. The van der Waals surface area contributed by atoms with Gasteiger partial charge in [-0.1, -0.05) is 48.4 Å². The van der Waals surface area contributed by atoms with E-state index < -0.39 is 0 Å². The number of amides is 2. The van der Waals surface area contributed by atoms with E-state index in [0.717, 1.165) is 68.6 Å². The molecule has 3 heterocycles. The molecule has 1 unspecified atom stereocenters. The molecule has 2 aromatic carbocycles. The zero-order valence-electron chi connectivity index (χ0n) is 24.6. The van der Waals surface area contributed by atoms with E-state index in [1.54, 1.807) is 0 Å². The first-order valence-electron chi connectivity index (χ1n) is 15.5. The van der Waals surface area contributed by atoms with E-state index in [2.05, 4.69) is 56.5 Å². The number of urea groups is 1. The molecule has 0 radical (unpaired) electrons. The molecule has 42 heavy (non-hydrogen) atoms. The van der Waals surface area contributed by atoms with Gasteiger partial charge in [0.1, 0.15) is 5.75 Å². The molecule has 2 amide bonds. The molecule has 0 aliphatic carbocycles. The molecular formula is C34H44ClN5O2. The number of carbonyl (C=O) groups is 1. The molecule has 2 saturated heterocycles. The second kappa shape index (κ2) is 15.9. The highest BCUT2D eigenvalue weighted by Crippen LogP contribution is 2.28. The molecule has 2 aliphatic rings. The third kappa shape index (κ3) is 9.18. The number of rotatable bonds is 12. The van der Waals surface area contributed by atoms with Crippen LogP contribution in [0.3, 0.4) is 0 Å². The summed E-state index contributed by atoms with van der Waals surface area (Å²) in [6.07, 6.45) is 7.56. The largest absolute Gasteiger partial charge is 0.494 e. The first kappa shape index (κ1) is 30.3. The molecule has 5 rings (SSSR count). The minimum atomic E-state index is 0.0192. The number of likely N-dealkylation sites (tertiary alicyclic amines) is 1. The number of piperazine rings is 1. The average molecular weight is 590 g/mol. The minimum absolute atomic E-state index is 0.0192. The second-order valence-electron chi connectivity index (χ2n) is 11.4. The second-order valence-corrected chi connectivity index (χ2v) is 11.8. The van der Waals surface area contributed by atoms with Crippen molar-refractivity contribution in [3.8, 4) is 5.75 Å². The molecule has 8 heteroatoms. The van der Waals surface area contributed by atoms with Crippen LogP contribution in [0.1, 0.15) is 54.8 Å². The summed E-state index contributed by atoms with van der Waals surface area (Å²) in [6.45, 7) is 8.75. The van der Waals surface area contributed by atoms with Gasteiger partial charge in [0.25, 0.3) is 0 Å². The molecule has 1 aromatic heterocycles. The van der Waals surface area contributed by atoms with E-state index in [1.165, 1.54) is 43.5 Å². The Morgan fingerprint density at radius 2 is 1.71 bits per heavy atom. The lowest BCUT2D eigenvalue weighted by Gasteiger charge is -2.35. The van der Waals surface area contributed by atoms with Crippen LogP contribution < -0.4 is 10.1 Å². The average Bonchev–Trinajstić information content (AvgIpc) is 3.03. The van der Waals surface area contributed by atoms with Gasteiger partial charge in [0.2, 0.25) is 0 Å². The highest BCUT2D eigenvalue weighted by molar-refractivity contribution is 6.30. The SMILES string of the molecule is O=C(NCCCOc1cccc(CN2CCCCC2)c1)N1CCN(CCC(c2ccc(Cl)cc2)c2ccccn2)CC1. The van der Waals surface area contributed by atoms with E-state index in [0.29, 0.717) is 13.2 Å². The van der Waals surface area contributed by atoms with Crippen molar-refractivity contribution in [2.75, 3.05) is 59.0 Å². The van der Waals surface area contributed by atoms with Gasteiger partial charge in [-0.2, -0.15) is 0 Å². The highest BCUT2D eigenvalue weighted by Gasteiger charge is 2.23. The summed E-state index contributed by atoms with van der Waals surface area (Å²) in [4.78, 5) is 24.3. The monoisotopic (exact) mass is 589 g/mol. The minimum Gasteiger partial charge on any atom is -0.494 e. The van der Waals surface area contributed by atoms with Crippen molar-refractivity contribution in [3.63, 3.8) is 0 Å². The maximum atomic E-state index is 12.8. The molecule has 1 atom stereocenters. The Bertz CT molecular complexity index is 1230. The number of hydrogen-bond donors (Lipinski definition) is 1. The summed E-state index contributed by atoms with van der Waals surface area (Å²) >= 11 is 6.14. The number of aromatic nitrogens is 1. The lowest BCUT2D eigenvalue weighted by Crippen LogP contribution is -2.52. The standard InChI is InChI=1S/C34H44ClN5O2/c35-30-13-11-29(12-14-30)32(33-10-2-3-16-36-33)15-20-38-21-23-40(24-22-38)34(41)37-17-7-25-42-31-9-6-8-28(26-31)27-39-18-4-1-5-19-39/h2-3,6,8-14,16,26,32H,1,4-5,7,15,17-25,27H2,(H,37,41). The molecule has 0 spiro atoms. The fraction of sp³-hybridized carbons (Fsp3) is 0.471. The van der Waals surface area contributed by atoms with Crippen molar-refractivity contribution in [2.24, 2.45) is 0 Å². The summed E-state index contributed by atoms with van der Waals surface area (Å²) in [5.41, 5.74) is 3.61. The van der Waals surface area contributed by atoms with Crippen LogP contribution in [-0.4, -0.2) is 84.7 Å². The van der Waals surface area contributed by atoms with Gasteiger partial charge in [-0.15, -0.1) is 0 Å². The summed E-state index contributed by atoms with van der Waals surface area (Å²) in [7, 11) is 0. The Morgan fingerprint density at radius 1 is 0.905 bits per heavy atom. The highest BCUT2D eigenvalue weighted by atomic mass is 35.5. The van der Waals surface area contributed by atoms with Crippen molar-refractivity contribution in [2.45, 2.75) is 44.6 Å². The van der Waals surface area contributed by atoms with Gasteiger partial charge in [0.15, 0.2) is 0 Å². The van der Waals surface area contributed by atoms with Crippen LogP contribution in [0.4, 0.5) is 4.79 Å². The van der Waals surface area contributed by atoms with Gasteiger partial charge >= 0.3 is 6.03 Å². The molecule has 0 saturated carbocycles. The number of hydrogen-bond acceptors (Lipinski definition) is 5. The molecule has 2 fully saturated rings. The van der Waals surface area contributed by atoms with Gasteiger partial charge in [0.05, 0.1) is 6.61 Å². The number of benzene rings is 2. The number of nitrogens with one attached hydrogen (secondary N) is 1. The Morgan fingerprint density at radius 3 is 2.48 bits per heavy atom. The number of halogens is 1. The van der Waals surface area contributed by atoms with Crippen molar-refractivity contribution in [1.82, 2.24) is 25.0 Å². The van der Waals surface area contributed by atoms with E-state index in [-0.39, 0.29) is 11.9 Å². The van der Waals surface area contributed by atoms with E-state index in [9.17, 15) is 4.79 Å². The number of piperidine rings is 1. The van der Waals surface area contributed by atoms with Crippen LogP contribution in [0.25, 0.3) is 0 Å². The number of carbonyl (C=O) groups excluding carboxylic acids is 1. The quantitative estimate of drug-likeness (QED) is 0.261. The van der Waals surface area contributed by atoms with Crippen LogP contribution in [-0.2, 0) is 6.54 Å². The molecule has 0 bridgehead atoms. The van der Waals surface area contributed by atoms with Gasteiger partial charge < -0.3 is 15.0 Å². The Balaban J connectivity index is 0.989. The third-order valence-corrected chi connectivity index (χ3v) is 8.58. The lowest BCUT2D eigenvalue weighted by molar-refractivity contribution is 0.137. The number of ether oxygens (including phenoxy) is 1. The fourth-order valence-electron chi connectivity index (χ4n) is 5.93. The predicted octanol–water partition coefficient (Wildman–Crippen LogP) is 6.04. The third-order valence-electron chi connectivity index (χ3n) is 8.33. The van der Waals surface area contributed by atoms with Crippen molar-refractivity contribution >= 4 is 17.6 Å². The smallest absolute Gasteiger partial charge is 0.317 e. The first-order chi connectivity index (χ1) is 20.6.